The Kier molecular flexibility index (Phi) is 9.87. The van der Waals surface area contributed by atoms with Crippen molar-refractivity contribution in [1.29, 1.82) is 0 Å². The highest BCUT2D eigenvalue weighted by Crippen LogP contribution is 2.40. The van der Waals surface area contributed by atoms with E-state index >= 15 is 0 Å². The third-order valence-electron chi connectivity index (χ3n) is 7.38. The highest BCUT2D eigenvalue weighted by atomic mass is 16.5. The average Bonchev–Trinajstić information content (AvgIpc) is 2.89. The topological polar surface area (TPSA) is 21.7 Å². The molecule has 0 amide bonds. The normalized spacial score (nSPS) is 14.5. The number of hydrogen-bond acceptors (Lipinski definition) is 3. The quantitative estimate of drug-likeness (QED) is 0.239. The molecule has 3 rings (SSSR count). The Balaban J connectivity index is 2.06. The van der Waals surface area contributed by atoms with Crippen molar-refractivity contribution in [2.45, 2.75) is 98.2 Å². The molecular formula is C33H45NO2. The third kappa shape index (κ3) is 6.84. The first-order chi connectivity index (χ1) is 17.3. The Labute approximate surface area is 219 Å². The minimum Gasteiger partial charge on any atom is -0.491 e. The fourth-order valence-electron chi connectivity index (χ4n) is 4.56. The van der Waals surface area contributed by atoms with Crippen LogP contribution in [0.15, 0.2) is 72.8 Å². The molecule has 0 aliphatic rings. The number of anilines is 3. The molecule has 3 aromatic rings. The predicted molar refractivity (Wildman–Crippen MR) is 154 cm³/mol. The summed E-state index contributed by atoms with van der Waals surface area (Å²) in [6, 6.07) is 25.9. The van der Waals surface area contributed by atoms with E-state index in [4.69, 9.17) is 9.47 Å². The van der Waals surface area contributed by atoms with Crippen LogP contribution in [-0.2, 0) is 5.41 Å². The first kappa shape index (κ1) is 27.6. The maximum Gasteiger partial charge on any atom is 0.121 e. The van der Waals surface area contributed by atoms with Crippen LogP contribution in [-0.4, -0.2) is 12.2 Å². The van der Waals surface area contributed by atoms with Gasteiger partial charge < -0.3 is 14.4 Å². The van der Waals surface area contributed by atoms with Gasteiger partial charge in [0.25, 0.3) is 0 Å². The van der Waals surface area contributed by atoms with Crippen molar-refractivity contribution in [3.63, 3.8) is 0 Å². The van der Waals surface area contributed by atoms with Crippen molar-refractivity contribution in [2.75, 3.05) is 4.90 Å². The average molecular weight is 488 g/mol. The number of benzene rings is 3. The molecule has 0 N–H and O–H groups in total. The molecule has 0 heterocycles. The van der Waals surface area contributed by atoms with Gasteiger partial charge in [-0.25, -0.2) is 0 Å². The highest BCUT2D eigenvalue weighted by Gasteiger charge is 2.24. The van der Waals surface area contributed by atoms with Crippen molar-refractivity contribution in [3.05, 3.63) is 78.4 Å². The minimum atomic E-state index is 0.172. The summed E-state index contributed by atoms with van der Waals surface area (Å²) < 4.78 is 12.3. The summed E-state index contributed by atoms with van der Waals surface area (Å²) in [5.74, 6) is 1.77. The van der Waals surface area contributed by atoms with Crippen LogP contribution in [0.3, 0.4) is 0 Å². The van der Waals surface area contributed by atoms with Crippen molar-refractivity contribution >= 4 is 17.1 Å². The van der Waals surface area contributed by atoms with Crippen LogP contribution in [0.4, 0.5) is 17.1 Å². The summed E-state index contributed by atoms with van der Waals surface area (Å²) in [4.78, 5) is 2.29. The molecule has 0 aliphatic heterocycles. The molecule has 0 aromatic heterocycles. The Bertz CT molecular complexity index is 1020. The molecule has 0 fully saturated rings. The van der Waals surface area contributed by atoms with Gasteiger partial charge in [-0.2, -0.15) is 0 Å². The molecule has 36 heavy (non-hydrogen) atoms. The first-order valence-electron chi connectivity index (χ1n) is 13.8. The van der Waals surface area contributed by atoms with E-state index in [1.165, 1.54) is 18.4 Å². The molecule has 3 nitrogen and oxygen atoms in total. The highest BCUT2D eigenvalue weighted by molar-refractivity contribution is 5.78. The lowest BCUT2D eigenvalue weighted by Crippen LogP contribution is -2.20. The lowest BCUT2D eigenvalue weighted by molar-refractivity contribution is 0.217. The molecule has 3 aromatic carbocycles. The van der Waals surface area contributed by atoms with E-state index in [0.29, 0.717) is 0 Å². The fraction of sp³-hybridized carbons (Fsp3) is 0.455. The second-order valence-corrected chi connectivity index (χ2v) is 10.2. The van der Waals surface area contributed by atoms with Gasteiger partial charge in [-0.05, 0) is 86.9 Å². The predicted octanol–water partition coefficient (Wildman–Crippen LogP) is 9.98. The van der Waals surface area contributed by atoms with Crippen LogP contribution in [0.2, 0.25) is 0 Å². The Morgan fingerprint density at radius 3 is 1.61 bits per heavy atom. The first-order valence-corrected chi connectivity index (χ1v) is 13.8. The lowest BCUT2D eigenvalue weighted by Gasteiger charge is -2.30. The lowest BCUT2D eigenvalue weighted by atomic mass is 9.76. The van der Waals surface area contributed by atoms with Crippen molar-refractivity contribution in [1.82, 2.24) is 0 Å². The standard InChI is InChI=1S/C33H45NO2/c1-8-22-33(7,11-4)27-18-20-28(21-19-27)34(29-14-12-16-31(23-29)35-25(5)9-2)30-15-13-17-32(24-30)36-26(6)10-3/h12-21,23-26H,8-11,22H2,1-7H3. The van der Waals surface area contributed by atoms with E-state index in [2.05, 4.69) is 114 Å². The van der Waals surface area contributed by atoms with Gasteiger partial charge in [-0.1, -0.05) is 65.3 Å². The number of ether oxygens (including phenoxy) is 2. The van der Waals surface area contributed by atoms with E-state index in [1.807, 2.05) is 12.1 Å². The zero-order valence-corrected chi connectivity index (χ0v) is 23.4. The van der Waals surface area contributed by atoms with E-state index in [-0.39, 0.29) is 17.6 Å². The summed E-state index contributed by atoms with van der Waals surface area (Å²) in [6.45, 7) is 15.5. The van der Waals surface area contributed by atoms with Crippen LogP contribution >= 0.6 is 0 Å². The molecule has 0 saturated heterocycles. The molecule has 0 aliphatic carbocycles. The van der Waals surface area contributed by atoms with Crippen LogP contribution < -0.4 is 14.4 Å². The van der Waals surface area contributed by atoms with Gasteiger partial charge in [0, 0.05) is 29.2 Å². The van der Waals surface area contributed by atoms with E-state index in [1.54, 1.807) is 0 Å². The summed E-state index contributed by atoms with van der Waals surface area (Å²) in [7, 11) is 0. The molecule has 3 heteroatoms. The summed E-state index contributed by atoms with van der Waals surface area (Å²) in [5.41, 5.74) is 4.85. The monoisotopic (exact) mass is 487 g/mol. The van der Waals surface area contributed by atoms with Gasteiger partial charge in [0.1, 0.15) is 11.5 Å². The minimum absolute atomic E-state index is 0.172. The fourth-order valence-corrected chi connectivity index (χ4v) is 4.56. The SMILES string of the molecule is CCCC(C)(CC)c1ccc(N(c2cccc(OC(C)CC)c2)c2cccc(OC(C)CC)c2)cc1. The zero-order chi connectivity index (χ0) is 26.1. The van der Waals surface area contributed by atoms with Crippen molar-refractivity contribution in [3.8, 4) is 11.5 Å². The molecule has 0 bridgehead atoms. The maximum atomic E-state index is 6.17. The Morgan fingerprint density at radius 1 is 0.694 bits per heavy atom. The van der Waals surface area contributed by atoms with Crippen molar-refractivity contribution < 1.29 is 9.47 Å². The maximum absolute atomic E-state index is 6.17. The van der Waals surface area contributed by atoms with Crippen LogP contribution in [0.25, 0.3) is 0 Å². The van der Waals surface area contributed by atoms with Gasteiger partial charge in [0.2, 0.25) is 0 Å². The molecule has 0 spiro atoms. The zero-order valence-electron chi connectivity index (χ0n) is 23.4. The molecule has 0 radical (unpaired) electrons. The number of nitrogens with zero attached hydrogens (tertiary/aromatic N) is 1. The van der Waals surface area contributed by atoms with Crippen LogP contribution in [0, 0.1) is 0 Å². The van der Waals surface area contributed by atoms with E-state index < -0.39 is 0 Å². The van der Waals surface area contributed by atoms with Crippen LogP contribution in [0.5, 0.6) is 11.5 Å². The Morgan fingerprint density at radius 2 is 1.19 bits per heavy atom. The molecule has 3 atom stereocenters. The second-order valence-electron chi connectivity index (χ2n) is 10.2. The van der Waals surface area contributed by atoms with Gasteiger partial charge in [-0.3, -0.25) is 0 Å². The second kappa shape index (κ2) is 12.9. The van der Waals surface area contributed by atoms with Gasteiger partial charge in [0.15, 0.2) is 0 Å². The van der Waals surface area contributed by atoms with Gasteiger partial charge >= 0.3 is 0 Å². The molecular weight excluding hydrogens is 442 g/mol. The summed E-state index contributed by atoms with van der Waals surface area (Å²) >= 11 is 0. The number of hydrogen-bond donors (Lipinski definition) is 0. The summed E-state index contributed by atoms with van der Waals surface area (Å²) in [6.07, 6.45) is 5.79. The largest absolute Gasteiger partial charge is 0.491 e. The molecule has 0 saturated carbocycles. The van der Waals surface area contributed by atoms with E-state index in [0.717, 1.165) is 47.8 Å². The molecule has 194 valence electrons. The third-order valence-corrected chi connectivity index (χ3v) is 7.38. The van der Waals surface area contributed by atoms with Crippen LogP contribution in [0.1, 0.15) is 86.1 Å². The summed E-state index contributed by atoms with van der Waals surface area (Å²) in [5, 5.41) is 0. The van der Waals surface area contributed by atoms with Crippen molar-refractivity contribution in [2.24, 2.45) is 0 Å². The Hall–Kier alpha value is -2.94. The van der Waals surface area contributed by atoms with E-state index in [9.17, 15) is 0 Å². The van der Waals surface area contributed by atoms with Gasteiger partial charge in [0.05, 0.1) is 12.2 Å². The number of rotatable bonds is 13. The van der Waals surface area contributed by atoms with Gasteiger partial charge in [-0.15, -0.1) is 0 Å². The smallest absolute Gasteiger partial charge is 0.121 e. The molecule has 3 unspecified atom stereocenters.